The van der Waals surface area contributed by atoms with Crippen molar-refractivity contribution in [3.8, 4) is 5.75 Å². The molecular weight excluding hydrogens is 236 g/mol. The summed E-state index contributed by atoms with van der Waals surface area (Å²) in [5.74, 6) is 1.02. The van der Waals surface area contributed by atoms with Gasteiger partial charge in [-0.25, -0.2) is 0 Å². The third kappa shape index (κ3) is 3.21. The van der Waals surface area contributed by atoms with Gasteiger partial charge in [-0.3, -0.25) is 0 Å². The predicted molar refractivity (Wildman–Crippen MR) is 81.5 cm³/mol. The number of likely N-dealkylation sites (N-methyl/N-ethyl adjacent to an activating group) is 1. The topological polar surface area (TPSA) is 24.5 Å². The summed E-state index contributed by atoms with van der Waals surface area (Å²) in [6.45, 7) is 8.54. The number of ether oxygens (including phenoxy) is 1. The molecule has 1 aliphatic carbocycles. The monoisotopic (exact) mass is 262 g/mol. The van der Waals surface area contributed by atoms with Crippen molar-refractivity contribution >= 4 is 5.69 Å². The molecular formula is C16H26N2O. The van der Waals surface area contributed by atoms with E-state index in [1.807, 2.05) is 0 Å². The Morgan fingerprint density at radius 1 is 1.26 bits per heavy atom. The van der Waals surface area contributed by atoms with Crippen molar-refractivity contribution in [1.82, 2.24) is 5.32 Å². The van der Waals surface area contributed by atoms with Crippen LogP contribution < -0.4 is 15.0 Å². The third-order valence-corrected chi connectivity index (χ3v) is 4.07. The first kappa shape index (κ1) is 14.2. The number of benzene rings is 1. The van der Waals surface area contributed by atoms with Crippen molar-refractivity contribution in [2.24, 2.45) is 0 Å². The molecule has 0 aromatic heterocycles. The Hall–Kier alpha value is -1.22. The zero-order valence-corrected chi connectivity index (χ0v) is 12.8. The van der Waals surface area contributed by atoms with Gasteiger partial charge in [-0.2, -0.15) is 0 Å². The van der Waals surface area contributed by atoms with Crippen molar-refractivity contribution in [2.45, 2.75) is 39.7 Å². The molecule has 0 atom stereocenters. The summed E-state index contributed by atoms with van der Waals surface area (Å²) in [5, 5.41) is 3.56. The SMILES string of the molecule is COc1c(C)cc(N(C)CCNC2CC2)c(C)c1C. The highest BCUT2D eigenvalue weighted by Crippen LogP contribution is 2.32. The van der Waals surface area contributed by atoms with Crippen LogP contribution in [0.5, 0.6) is 5.75 Å². The highest BCUT2D eigenvalue weighted by Gasteiger charge is 2.20. The molecule has 3 nitrogen and oxygen atoms in total. The molecule has 19 heavy (non-hydrogen) atoms. The summed E-state index contributed by atoms with van der Waals surface area (Å²) in [6, 6.07) is 3.02. The first-order valence-electron chi connectivity index (χ1n) is 7.14. The van der Waals surface area contributed by atoms with Crippen LogP contribution in [0.3, 0.4) is 0 Å². The Balaban J connectivity index is 2.09. The second kappa shape index (κ2) is 5.83. The van der Waals surface area contributed by atoms with Crippen LogP contribution in [-0.4, -0.2) is 33.3 Å². The minimum absolute atomic E-state index is 0.786. The Labute approximate surface area is 116 Å². The minimum atomic E-state index is 0.786. The van der Waals surface area contributed by atoms with Crippen LogP contribution in [0, 0.1) is 20.8 Å². The van der Waals surface area contributed by atoms with Crippen molar-refractivity contribution in [3.05, 3.63) is 22.8 Å². The second-order valence-electron chi connectivity index (χ2n) is 5.65. The fourth-order valence-corrected chi connectivity index (χ4v) is 2.59. The van der Waals surface area contributed by atoms with E-state index in [0.29, 0.717) is 0 Å². The third-order valence-electron chi connectivity index (χ3n) is 4.07. The molecule has 1 saturated carbocycles. The summed E-state index contributed by atoms with van der Waals surface area (Å²) in [5.41, 5.74) is 5.09. The number of nitrogens with zero attached hydrogens (tertiary/aromatic N) is 1. The molecule has 3 heteroatoms. The zero-order chi connectivity index (χ0) is 14.0. The van der Waals surface area contributed by atoms with Gasteiger partial charge in [0.2, 0.25) is 0 Å². The van der Waals surface area contributed by atoms with E-state index in [1.54, 1.807) is 7.11 Å². The highest BCUT2D eigenvalue weighted by atomic mass is 16.5. The number of nitrogens with one attached hydrogen (secondary N) is 1. The minimum Gasteiger partial charge on any atom is -0.496 e. The number of aryl methyl sites for hydroxylation is 1. The molecule has 0 spiro atoms. The smallest absolute Gasteiger partial charge is 0.125 e. The Morgan fingerprint density at radius 3 is 2.53 bits per heavy atom. The van der Waals surface area contributed by atoms with Crippen LogP contribution in [0.4, 0.5) is 5.69 Å². The largest absolute Gasteiger partial charge is 0.496 e. The maximum Gasteiger partial charge on any atom is 0.125 e. The van der Waals surface area contributed by atoms with Crippen LogP contribution in [0.1, 0.15) is 29.5 Å². The van der Waals surface area contributed by atoms with Crippen LogP contribution in [0.2, 0.25) is 0 Å². The molecule has 2 rings (SSSR count). The molecule has 0 saturated heterocycles. The summed E-state index contributed by atoms with van der Waals surface area (Å²) in [7, 11) is 3.92. The van der Waals surface area contributed by atoms with Gasteiger partial charge in [0.15, 0.2) is 0 Å². The van der Waals surface area contributed by atoms with E-state index in [9.17, 15) is 0 Å². The summed E-state index contributed by atoms with van der Waals surface area (Å²) in [6.07, 6.45) is 2.70. The lowest BCUT2D eigenvalue weighted by atomic mass is 10.0. The summed E-state index contributed by atoms with van der Waals surface area (Å²) in [4.78, 5) is 2.34. The number of methoxy groups -OCH3 is 1. The van der Waals surface area contributed by atoms with Crippen molar-refractivity contribution < 1.29 is 4.74 Å². The molecule has 1 aliphatic rings. The highest BCUT2D eigenvalue weighted by molar-refractivity contribution is 5.62. The molecule has 0 aliphatic heterocycles. The normalized spacial score (nSPS) is 14.6. The van der Waals surface area contributed by atoms with E-state index in [-0.39, 0.29) is 0 Å². The Kier molecular flexibility index (Phi) is 4.35. The maximum atomic E-state index is 5.48. The van der Waals surface area contributed by atoms with E-state index < -0.39 is 0 Å². The molecule has 0 radical (unpaired) electrons. The summed E-state index contributed by atoms with van der Waals surface area (Å²) < 4.78 is 5.48. The average molecular weight is 262 g/mol. The lowest BCUT2D eigenvalue weighted by molar-refractivity contribution is 0.408. The van der Waals surface area contributed by atoms with Gasteiger partial charge >= 0.3 is 0 Å². The lowest BCUT2D eigenvalue weighted by Crippen LogP contribution is -2.30. The van der Waals surface area contributed by atoms with Crippen LogP contribution in [0.15, 0.2) is 6.07 Å². The lowest BCUT2D eigenvalue weighted by Gasteiger charge is -2.24. The quantitative estimate of drug-likeness (QED) is 0.853. The Morgan fingerprint density at radius 2 is 1.95 bits per heavy atom. The number of hydrogen-bond acceptors (Lipinski definition) is 3. The molecule has 0 amide bonds. The van der Waals surface area contributed by atoms with E-state index in [2.05, 4.69) is 44.1 Å². The van der Waals surface area contributed by atoms with Gasteiger partial charge in [0.1, 0.15) is 5.75 Å². The Bertz CT molecular complexity index is 453. The predicted octanol–water partition coefficient (Wildman–Crippen LogP) is 2.81. The van der Waals surface area contributed by atoms with Gasteiger partial charge in [-0.15, -0.1) is 0 Å². The van der Waals surface area contributed by atoms with Gasteiger partial charge < -0.3 is 15.0 Å². The number of rotatable bonds is 6. The fourth-order valence-electron chi connectivity index (χ4n) is 2.59. The molecule has 0 unspecified atom stereocenters. The van der Waals surface area contributed by atoms with E-state index in [1.165, 1.54) is 35.2 Å². The number of hydrogen-bond donors (Lipinski definition) is 1. The molecule has 1 N–H and O–H groups in total. The van der Waals surface area contributed by atoms with Crippen LogP contribution in [0.25, 0.3) is 0 Å². The molecule has 1 aromatic carbocycles. The van der Waals surface area contributed by atoms with Gasteiger partial charge in [-0.1, -0.05) is 0 Å². The van der Waals surface area contributed by atoms with E-state index in [0.717, 1.165) is 24.9 Å². The van der Waals surface area contributed by atoms with E-state index in [4.69, 9.17) is 4.74 Å². The first-order valence-corrected chi connectivity index (χ1v) is 7.14. The van der Waals surface area contributed by atoms with E-state index >= 15 is 0 Å². The molecule has 0 bridgehead atoms. The van der Waals surface area contributed by atoms with Crippen molar-refractivity contribution in [1.29, 1.82) is 0 Å². The fraction of sp³-hybridized carbons (Fsp3) is 0.625. The average Bonchev–Trinajstić information content (AvgIpc) is 3.18. The second-order valence-corrected chi connectivity index (χ2v) is 5.65. The van der Waals surface area contributed by atoms with Crippen LogP contribution >= 0.6 is 0 Å². The molecule has 1 aromatic rings. The number of anilines is 1. The molecule has 0 heterocycles. The van der Waals surface area contributed by atoms with Gasteiger partial charge in [0.25, 0.3) is 0 Å². The molecule has 106 valence electrons. The van der Waals surface area contributed by atoms with Crippen LogP contribution in [-0.2, 0) is 0 Å². The maximum absolute atomic E-state index is 5.48. The van der Waals surface area contributed by atoms with Crippen molar-refractivity contribution in [3.63, 3.8) is 0 Å². The zero-order valence-electron chi connectivity index (χ0n) is 12.8. The van der Waals surface area contributed by atoms with Crippen molar-refractivity contribution in [2.75, 3.05) is 32.1 Å². The first-order chi connectivity index (χ1) is 9.04. The molecule has 1 fully saturated rings. The van der Waals surface area contributed by atoms with Gasteiger partial charge in [0, 0.05) is 31.9 Å². The van der Waals surface area contributed by atoms with Gasteiger partial charge in [-0.05, 0) is 56.4 Å². The standard InChI is InChI=1S/C16H26N2O/c1-11-10-15(12(2)13(3)16(11)19-5)18(4)9-8-17-14-6-7-14/h10,14,17H,6-9H2,1-5H3. The summed E-state index contributed by atoms with van der Waals surface area (Å²) >= 11 is 0. The van der Waals surface area contributed by atoms with Gasteiger partial charge in [0.05, 0.1) is 7.11 Å².